The topological polar surface area (TPSA) is 86.3 Å². The lowest BCUT2D eigenvalue weighted by Gasteiger charge is -2.40. The molecule has 8 nitrogen and oxygen atoms in total. The Morgan fingerprint density at radius 2 is 1.80 bits per heavy atom. The van der Waals surface area contributed by atoms with Crippen molar-refractivity contribution in [3.8, 4) is 0 Å². The van der Waals surface area contributed by atoms with E-state index in [9.17, 15) is 9.59 Å². The molecule has 9 heteroatoms. The van der Waals surface area contributed by atoms with Gasteiger partial charge in [0.05, 0.1) is 12.6 Å². The maximum atomic E-state index is 12.0. The number of carbonyl (C=O) groups excluding carboxylic acids is 2. The van der Waals surface area contributed by atoms with Gasteiger partial charge in [-0.3, -0.25) is 4.79 Å². The van der Waals surface area contributed by atoms with Gasteiger partial charge in [-0.05, 0) is 45.4 Å². The van der Waals surface area contributed by atoms with Crippen LogP contribution in [0.1, 0.15) is 43.6 Å². The fourth-order valence-corrected chi connectivity index (χ4v) is 2.74. The standard InChI is InChI=1S/C21H33N5O3.HI/c1-7-22-19(24-17-13-26(14-17)20(28)29-21(2,3)4)23-12-15-8-10-16(11-9-15)18(27)25(5)6;/h8-11,17H,7,12-14H2,1-6H3,(H2,22,23,24);1H. The minimum absolute atomic E-state index is 0. The van der Waals surface area contributed by atoms with E-state index in [0.717, 1.165) is 12.1 Å². The summed E-state index contributed by atoms with van der Waals surface area (Å²) in [5.74, 6) is 0.685. The number of nitrogens with zero attached hydrogens (tertiary/aromatic N) is 3. The van der Waals surface area contributed by atoms with Crippen molar-refractivity contribution in [2.45, 2.75) is 45.9 Å². The van der Waals surface area contributed by atoms with E-state index >= 15 is 0 Å². The Labute approximate surface area is 196 Å². The summed E-state index contributed by atoms with van der Waals surface area (Å²) in [4.78, 5) is 31.8. The smallest absolute Gasteiger partial charge is 0.410 e. The number of guanidine groups is 1. The van der Waals surface area contributed by atoms with Gasteiger partial charge in [-0.15, -0.1) is 24.0 Å². The molecule has 1 aliphatic heterocycles. The maximum absolute atomic E-state index is 12.0. The second-order valence-electron chi connectivity index (χ2n) is 8.32. The van der Waals surface area contributed by atoms with E-state index in [4.69, 9.17) is 4.74 Å². The van der Waals surface area contributed by atoms with Crippen LogP contribution in [0.25, 0.3) is 0 Å². The predicted molar refractivity (Wildman–Crippen MR) is 129 cm³/mol. The lowest BCUT2D eigenvalue weighted by Crippen LogP contribution is -2.63. The van der Waals surface area contributed by atoms with Gasteiger partial charge in [0.2, 0.25) is 0 Å². The van der Waals surface area contributed by atoms with Crippen LogP contribution in [0.5, 0.6) is 0 Å². The fraction of sp³-hybridized carbons (Fsp3) is 0.571. The number of halogens is 1. The van der Waals surface area contributed by atoms with E-state index < -0.39 is 5.60 Å². The number of carbonyl (C=O) groups is 2. The van der Waals surface area contributed by atoms with Crippen molar-refractivity contribution in [3.05, 3.63) is 35.4 Å². The highest BCUT2D eigenvalue weighted by molar-refractivity contribution is 14.0. The van der Waals surface area contributed by atoms with Gasteiger partial charge in [0.1, 0.15) is 5.60 Å². The monoisotopic (exact) mass is 531 g/mol. The molecule has 1 fully saturated rings. The van der Waals surface area contributed by atoms with Crippen LogP contribution in [0.3, 0.4) is 0 Å². The first-order valence-electron chi connectivity index (χ1n) is 9.92. The predicted octanol–water partition coefficient (Wildman–Crippen LogP) is 2.68. The van der Waals surface area contributed by atoms with Crippen molar-refractivity contribution < 1.29 is 14.3 Å². The molecule has 1 saturated heterocycles. The molecule has 1 heterocycles. The van der Waals surface area contributed by atoms with Crippen LogP contribution >= 0.6 is 24.0 Å². The van der Waals surface area contributed by atoms with Gasteiger partial charge in [-0.2, -0.15) is 0 Å². The van der Waals surface area contributed by atoms with Gasteiger partial charge in [-0.1, -0.05) is 12.1 Å². The number of likely N-dealkylation sites (tertiary alicyclic amines) is 1. The van der Waals surface area contributed by atoms with Crippen LogP contribution < -0.4 is 10.6 Å². The molecule has 30 heavy (non-hydrogen) atoms. The lowest BCUT2D eigenvalue weighted by atomic mass is 10.1. The second kappa shape index (κ2) is 11.4. The molecule has 2 amide bonds. The van der Waals surface area contributed by atoms with E-state index in [-0.39, 0.29) is 42.0 Å². The molecular formula is C21H34IN5O3. The van der Waals surface area contributed by atoms with Crippen LogP contribution in [0.4, 0.5) is 4.79 Å². The first-order valence-corrected chi connectivity index (χ1v) is 9.92. The summed E-state index contributed by atoms with van der Waals surface area (Å²) in [6.07, 6.45) is -0.287. The average molecular weight is 531 g/mol. The van der Waals surface area contributed by atoms with E-state index in [0.29, 0.717) is 31.2 Å². The van der Waals surface area contributed by atoms with Gasteiger partial charge < -0.3 is 25.2 Å². The number of rotatable bonds is 5. The first-order chi connectivity index (χ1) is 13.6. The molecule has 0 unspecified atom stereocenters. The Kier molecular flexibility index (Phi) is 9.86. The SMILES string of the molecule is CCNC(=NCc1ccc(C(=O)N(C)C)cc1)NC1CN(C(=O)OC(C)(C)C)C1.I. The minimum atomic E-state index is -0.487. The first kappa shape index (κ1) is 26.0. The Morgan fingerprint density at radius 3 is 2.30 bits per heavy atom. The zero-order chi connectivity index (χ0) is 21.6. The number of ether oxygens (including phenoxy) is 1. The molecule has 1 aromatic rings. The van der Waals surface area contributed by atoms with E-state index in [1.54, 1.807) is 23.9 Å². The highest BCUT2D eigenvalue weighted by Gasteiger charge is 2.34. The average Bonchev–Trinajstić information content (AvgIpc) is 2.60. The van der Waals surface area contributed by atoms with Gasteiger partial charge in [0, 0.05) is 39.3 Å². The van der Waals surface area contributed by atoms with Crippen molar-refractivity contribution in [3.63, 3.8) is 0 Å². The van der Waals surface area contributed by atoms with E-state index in [1.165, 1.54) is 0 Å². The number of hydrogen-bond donors (Lipinski definition) is 2. The molecule has 0 aromatic heterocycles. The number of hydrogen-bond acceptors (Lipinski definition) is 4. The molecule has 0 spiro atoms. The van der Waals surface area contributed by atoms with Crippen LogP contribution in [-0.2, 0) is 11.3 Å². The van der Waals surface area contributed by atoms with E-state index in [2.05, 4.69) is 15.6 Å². The Morgan fingerprint density at radius 1 is 1.20 bits per heavy atom. The van der Waals surface area contributed by atoms with Crippen LogP contribution in [0, 0.1) is 0 Å². The molecule has 2 rings (SSSR count). The molecule has 0 saturated carbocycles. The molecule has 0 aliphatic carbocycles. The minimum Gasteiger partial charge on any atom is -0.444 e. The zero-order valence-corrected chi connectivity index (χ0v) is 21.0. The van der Waals surface area contributed by atoms with E-state index in [1.807, 2.05) is 52.0 Å². The molecule has 1 aliphatic rings. The molecular weight excluding hydrogens is 497 g/mol. The van der Waals surface area contributed by atoms with Crippen molar-refractivity contribution in [2.75, 3.05) is 33.7 Å². The zero-order valence-electron chi connectivity index (χ0n) is 18.7. The van der Waals surface area contributed by atoms with Crippen LogP contribution in [0.15, 0.2) is 29.3 Å². The molecule has 0 atom stereocenters. The lowest BCUT2D eigenvalue weighted by molar-refractivity contribution is 0.00700. The summed E-state index contributed by atoms with van der Waals surface area (Å²) in [5, 5.41) is 6.57. The Bertz CT molecular complexity index is 738. The van der Waals surface area contributed by atoms with Crippen LogP contribution in [0.2, 0.25) is 0 Å². The highest BCUT2D eigenvalue weighted by Crippen LogP contribution is 2.15. The van der Waals surface area contributed by atoms with Gasteiger partial charge >= 0.3 is 6.09 Å². The summed E-state index contributed by atoms with van der Waals surface area (Å²) in [5.41, 5.74) is 1.18. The van der Waals surface area contributed by atoms with Crippen molar-refractivity contribution >= 4 is 41.9 Å². The summed E-state index contributed by atoms with van der Waals surface area (Å²) < 4.78 is 5.38. The molecule has 1 aromatic carbocycles. The molecule has 0 radical (unpaired) electrons. The Hall–Kier alpha value is -2.04. The summed E-state index contributed by atoms with van der Waals surface area (Å²) in [6, 6.07) is 7.60. The normalized spacial score (nSPS) is 14.3. The van der Waals surface area contributed by atoms with Gasteiger partial charge in [0.25, 0.3) is 5.91 Å². The van der Waals surface area contributed by atoms with Crippen LogP contribution in [-0.4, -0.2) is 73.1 Å². The molecule has 2 N–H and O–H groups in total. The summed E-state index contributed by atoms with van der Waals surface area (Å²) >= 11 is 0. The number of amides is 2. The Balaban J connectivity index is 0.00000450. The van der Waals surface area contributed by atoms with Gasteiger partial charge in [-0.25, -0.2) is 9.79 Å². The van der Waals surface area contributed by atoms with Crippen molar-refractivity contribution in [1.82, 2.24) is 20.4 Å². The summed E-state index contributed by atoms with van der Waals surface area (Å²) in [7, 11) is 3.47. The number of aliphatic imine (C=N–C) groups is 1. The largest absolute Gasteiger partial charge is 0.444 e. The quantitative estimate of drug-likeness (QED) is 0.347. The van der Waals surface area contributed by atoms with Gasteiger partial charge in [0.15, 0.2) is 5.96 Å². The maximum Gasteiger partial charge on any atom is 0.410 e. The third-order valence-electron chi connectivity index (χ3n) is 4.25. The summed E-state index contributed by atoms with van der Waals surface area (Å²) in [6.45, 7) is 9.99. The molecule has 168 valence electrons. The highest BCUT2D eigenvalue weighted by atomic mass is 127. The molecule has 0 bridgehead atoms. The third kappa shape index (κ3) is 8.00. The van der Waals surface area contributed by atoms with Crippen molar-refractivity contribution in [2.24, 2.45) is 4.99 Å². The fourth-order valence-electron chi connectivity index (χ4n) is 2.74. The number of nitrogens with one attached hydrogen (secondary N) is 2. The number of benzene rings is 1. The second-order valence-corrected chi connectivity index (χ2v) is 8.32. The third-order valence-corrected chi connectivity index (χ3v) is 4.25. The van der Waals surface area contributed by atoms with Crippen molar-refractivity contribution in [1.29, 1.82) is 0 Å².